The summed E-state index contributed by atoms with van der Waals surface area (Å²) in [6, 6.07) is 5.89. The minimum atomic E-state index is -0.388. The number of aryl methyl sites for hydroxylation is 1. The van der Waals surface area contributed by atoms with E-state index in [1.807, 2.05) is 32.0 Å². The lowest BCUT2D eigenvalue weighted by molar-refractivity contribution is -0.134. The molecule has 0 spiro atoms. The number of alkyl carbamates (subject to hydrolysis) is 1. The highest BCUT2D eigenvalue weighted by Gasteiger charge is 2.24. The molecule has 1 aliphatic rings. The van der Waals surface area contributed by atoms with Crippen LogP contribution in [0, 0.1) is 13.8 Å². The summed E-state index contributed by atoms with van der Waals surface area (Å²) in [5.41, 5.74) is 2.20. The molecule has 0 aromatic heterocycles. The first-order valence-electron chi connectivity index (χ1n) is 8.41. The van der Waals surface area contributed by atoms with Gasteiger partial charge in [-0.05, 0) is 50.8 Å². The quantitative estimate of drug-likeness (QED) is 0.898. The highest BCUT2D eigenvalue weighted by atomic mass is 16.5. The molecule has 24 heavy (non-hydrogen) atoms. The highest BCUT2D eigenvalue weighted by molar-refractivity contribution is 5.78. The number of ether oxygens (including phenoxy) is 2. The summed E-state index contributed by atoms with van der Waals surface area (Å²) in [6.45, 7) is 7.42. The van der Waals surface area contributed by atoms with E-state index in [4.69, 9.17) is 9.47 Å². The number of hydrogen-bond donors (Lipinski definition) is 1. The van der Waals surface area contributed by atoms with Gasteiger partial charge in [0.15, 0.2) is 6.61 Å². The SMILES string of the molecule is CCOC(=O)NC1CCN(C(=O)COc2cccc(C)c2C)CC1. The molecule has 1 N–H and O–H groups in total. The molecule has 2 rings (SSSR count). The maximum atomic E-state index is 12.3. The molecule has 1 aliphatic heterocycles. The lowest BCUT2D eigenvalue weighted by Gasteiger charge is -2.32. The topological polar surface area (TPSA) is 67.9 Å². The molecule has 2 amide bonds. The number of hydrogen-bond acceptors (Lipinski definition) is 4. The second-order valence-corrected chi connectivity index (χ2v) is 6.01. The zero-order valence-electron chi connectivity index (χ0n) is 14.6. The van der Waals surface area contributed by atoms with Gasteiger partial charge in [0.2, 0.25) is 0 Å². The van der Waals surface area contributed by atoms with Crippen LogP contribution in [0.4, 0.5) is 4.79 Å². The van der Waals surface area contributed by atoms with E-state index < -0.39 is 0 Å². The Kier molecular flexibility index (Phi) is 6.46. The van der Waals surface area contributed by atoms with E-state index in [0.717, 1.165) is 29.7 Å². The van der Waals surface area contributed by atoms with Crippen LogP contribution < -0.4 is 10.1 Å². The smallest absolute Gasteiger partial charge is 0.407 e. The molecule has 1 fully saturated rings. The minimum absolute atomic E-state index is 0.0227. The van der Waals surface area contributed by atoms with Crippen molar-refractivity contribution < 1.29 is 19.1 Å². The van der Waals surface area contributed by atoms with Gasteiger partial charge >= 0.3 is 6.09 Å². The Hall–Kier alpha value is -2.24. The van der Waals surface area contributed by atoms with Crippen LogP contribution in [0.3, 0.4) is 0 Å². The van der Waals surface area contributed by atoms with Gasteiger partial charge in [0.25, 0.3) is 5.91 Å². The minimum Gasteiger partial charge on any atom is -0.483 e. The second-order valence-electron chi connectivity index (χ2n) is 6.01. The Balaban J connectivity index is 1.76. The number of benzene rings is 1. The Morgan fingerprint density at radius 2 is 1.96 bits per heavy atom. The van der Waals surface area contributed by atoms with E-state index in [1.54, 1.807) is 11.8 Å². The number of nitrogens with one attached hydrogen (secondary N) is 1. The predicted octanol–water partition coefficient (Wildman–Crippen LogP) is 2.42. The number of nitrogens with zero attached hydrogens (tertiary/aromatic N) is 1. The summed E-state index contributed by atoms with van der Waals surface area (Å²) >= 11 is 0. The molecular formula is C18H26N2O4. The van der Waals surface area contributed by atoms with Crippen molar-refractivity contribution >= 4 is 12.0 Å². The first-order chi connectivity index (χ1) is 11.5. The molecule has 0 aliphatic carbocycles. The Labute approximate surface area is 143 Å². The van der Waals surface area contributed by atoms with Crippen molar-refractivity contribution in [2.24, 2.45) is 0 Å². The summed E-state index contributed by atoms with van der Waals surface area (Å²) in [4.78, 5) is 25.5. The van der Waals surface area contributed by atoms with Crippen LogP contribution in [0.5, 0.6) is 5.75 Å². The van der Waals surface area contributed by atoms with Gasteiger partial charge in [-0.15, -0.1) is 0 Å². The molecule has 0 bridgehead atoms. The van der Waals surface area contributed by atoms with E-state index in [1.165, 1.54) is 0 Å². The van der Waals surface area contributed by atoms with Crippen molar-refractivity contribution in [3.05, 3.63) is 29.3 Å². The van der Waals surface area contributed by atoms with Gasteiger partial charge < -0.3 is 19.7 Å². The van der Waals surface area contributed by atoms with Crippen molar-refractivity contribution in [1.29, 1.82) is 0 Å². The third kappa shape index (κ3) is 4.88. The molecule has 0 saturated carbocycles. The lowest BCUT2D eigenvalue weighted by atomic mass is 10.1. The molecule has 0 radical (unpaired) electrons. The largest absolute Gasteiger partial charge is 0.483 e. The van der Waals surface area contributed by atoms with Crippen LogP contribution in [-0.4, -0.2) is 49.2 Å². The van der Waals surface area contributed by atoms with Crippen molar-refractivity contribution in [1.82, 2.24) is 10.2 Å². The summed E-state index contributed by atoms with van der Waals surface area (Å²) in [7, 11) is 0. The number of carbonyl (C=O) groups excluding carboxylic acids is 2. The fourth-order valence-corrected chi connectivity index (χ4v) is 2.72. The van der Waals surface area contributed by atoms with E-state index in [9.17, 15) is 9.59 Å². The standard InChI is InChI=1S/C18H26N2O4/c1-4-23-18(22)19-15-8-10-20(11-9-15)17(21)12-24-16-7-5-6-13(2)14(16)3/h5-7,15H,4,8-12H2,1-3H3,(H,19,22). The maximum Gasteiger partial charge on any atom is 0.407 e. The highest BCUT2D eigenvalue weighted by Crippen LogP contribution is 2.20. The number of piperidine rings is 1. The molecule has 0 atom stereocenters. The van der Waals surface area contributed by atoms with Gasteiger partial charge in [-0.25, -0.2) is 4.79 Å². The average Bonchev–Trinajstić information content (AvgIpc) is 2.57. The monoisotopic (exact) mass is 334 g/mol. The van der Waals surface area contributed by atoms with E-state index in [0.29, 0.717) is 19.7 Å². The van der Waals surface area contributed by atoms with Crippen LogP contribution in [0.2, 0.25) is 0 Å². The third-order valence-corrected chi connectivity index (χ3v) is 4.35. The Morgan fingerprint density at radius 1 is 1.25 bits per heavy atom. The fraction of sp³-hybridized carbons (Fsp3) is 0.556. The third-order valence-electron chi connectivity index (χ3n) is 4.35. The van der Waals surface area contributed by atoms with Crippen LogP contribution >= 0.6 is 0 Å². The molecule has 1 heterocycles. The number of likely N-dealkylation sites (tertiary alicyclic amines) is 1. The van der Waals surface area contributed by atoms with Crippen LogP contribution in [0.1, 0.15) is 30.9 Å². The predicted molar refractivity (Wildman–Crippen MR) is 91.2 cm³/mol. The summed E-state index contributed by atoms with van der Waals surface area (Å²) < 4.78 is 10.6. The summed E-state index contributed by atoms with van der Waals surface area (Å²) in [6.07, 6.45) is 1.07. The van der Waals surface area contributed by atoms with Crippen molar-refractivity contribution in [2.75, 3.05) is 26.3 Å². The normalized spacial score (nSPS) is 15.0. The maximum absolute atomic E-state index is 12.3. The number of amides is 2. The van der Waals surface area contributed by atoms with Crippen molar-refractivity contribution in [3.8, 4) is 5.75 Å². The van der Waals surface area contributed by atoms with Gasteiger partial charge in [0, 0.05) is 19.1 Å². The van der Waals surface area contributed by atoms with Crippen molar-refractivity contribution in [2.45, 2.75) is 39.7 Å². The molecule has 6 nitrogen and oxygen atoms in total. The van der Waals surface area contributed by atoms with Crippen molar-refractivity contribution in [3.63, 3.8) is 0 Å². The summed E-state index contributed by atoms with van der Waals surface area (Å²) in [5.74, 6) is 0.729. The van der Waals surface area contributed by atoms with Crippen LogP contribution in [0.25, 0.3) is 0 Å². The first-order valence-corrected chi connectivity index (χ1v) is 8.41. The zero-order chi connectivity index (χ0) is 17.5. The number of carbonyl (C=O) groups is 2. The fourth-order valence-electron chi connectivity index (χ4n) is 2.72. The lowest BCUT2D eigenvalue weighted by Crippen LogP contribution is -2.47. The Bertz CT molecular complexity index is 580. The first kappa shape index (κ1) is 18.1. The Morgan fingerprint density at radius 3 is 2.62 bits per heavy atom. The molecule has 1 aromatic rings. The van der Waals surface area contributed by atoms with Gasteiger partial charge in [-0.3, -0.25) is 4.79 Å². The molecular weight excluding hydrogens is 308 g/mol. The number of rotatable bonds is 5. The molecule has 0 unspecified atom stereocenters. The van der Waals surface area contributed by atoms with E-state index in [2.05, 4.69) is 5.32 Å². The average molecular weight is 334 g/mol. The molecule has 1 aromatic carbocycles. The van der Waals surface area contributed by atoms with Gasteiger partial charge in [0.05, 0.1) is 6.61 Å². The van der Waals surface area contributed by atoms with E-state index in [-0.39, 0.29) is 24.6 Å². The van der Waals surface area contributed by atoms with Gasteiger partial charge in [-0.1, -0.05) is 12.1 Å². The van der Waals surface area contributed by atoms with E-state index >= 15 is 0 Å². The zero-order valence-corrected chi connectivity index (χ0v) is 14.6. The van der Waals surface area contributed by atoms with Gasteiger partial charge in [0.1, 0.15) is 5.75 Å². The van der Waals surface area contributed by atoms with Crippen LogP contribution in [-0.2, 0) is 9.53 Å². The molecule has 1 saturated heterocycles. The summed E-state index contributed by atoms with van der Waals surface area (Å²) in [5, 5.41) is 2.82. The second kappa shape index (κ2) is 8.57. The molecule has 132 valence electrons. The molecule has 6 heteroatoms. The van der Waals surface area contributed by atoms with Crippen LogP contribution in [0.15, 0.2) is 18.2 Å². The van der Waals surface area contributed by atoms with Gasteiger partial charge in [-0.2, -0.15) is 0 Å².